The van der Waals surface area contributed by atoms with E-state index in [9.17, 15) is 22.8 Å². The molecule has 1 atom stereocenters. The average Bonchev–Trinajstić information content (AvgIpc) is 2.43. The van der Waals surface area contributed by atoms with E-state index in [4.69, 9.17) is 0 Å². The molecule has 1 aliphatic heterocycles. The van der Waals surface area contributed by atoms with Crippen molar-refractivity contribution in [2.75, 3.05) is 20.1 Å². The molecule has 0 aromatic heterocycles. The van der Waals surface area contributed by atoms with E-state index in [1.807, 2.05) is 0 Å². The second-order valence-electron chi connectivity index (χ2n) is 6.35. The van der Waals surface area contributed by atoms with Crippen LogP contribution in [0.25, 0.3) is 0 Å². The van der Waals surface area contributed by atoms with Gasteiger partial charge in [0.1, 0.15) is 0 Å². The van der Waals surface area contributed by atoms with Crippen molar-refractivity contribution in [3.05, 3.63) is 34.3 Å². The number of hydrogen-bond acceptors (Lipinski definition) is 2. The number of carbonyl (C=O) groups is 2. The minimum Gasteiger partial charge on any atom is -0.341 e. The molecule has 8 heteroatoms. The van der Waals surface area contributed by atoms with Gasteiger partial charge in [-0.2, -0.15) is 13.2 Å². The van der Waals surface area contributed by atoms with Crippen LogP contribution in [0.5, 0.6) is 0 Å². The Labute approximate surface area is 146 Å². The number of likely N-dealkylation sites (tertiary alicyclic amines) is 1. The molecular formula is C16H18BrF3N2O2. The summed E-state index contributed by atoms with van der Waals surface area (Å²) in [6, 6.07) is 3.68. The highest BCUT2D eigenvalue weighted by Gasteiger charge is 2.52. The number of benzene rings is 1. The van der Waals surface area contributed by atoms with Crippen molar-refractivity contribution in [2.24, 2.45) is 5.41 Å². The van der Waals surface area contributed by atoms with Gasteiger partial charge in [-0.25, -0.2) is 0 Å². The summed E-state index contributed by atoms with van der Waals surface area (Å²) in [7, 11) is 1.16. The van der Waals surface area contributed by atoms with Gasteiger partial charge >= 0.3 is 6.18 Å². The van der Waals surface area contributed by atoms with Crippen LogP contribution in [-0.4, -0.2) is 47.9 Å². The summed E-state index contributed by atoms with van der Waals surface area (Å²) in [6.07, 6.45) is -4.60. The summed E-state index contributed by atoms with van der Waals surface area (Å²) in [5.74, 6) is -0.812. The minimum atomic E-state index is -4.60. The van der Waals surface area contributed by atoms with Gasteiger partial charge in [0.15, 0.2) is 6.04 Å². The highest BCUT2D eigenvalue weighted by atomic mass is 79.9. The molecular weight excluding hydrogens is 389 g/mol. The minimum absolute atomic E-state index is 0.00658. The molecule has 0 aliphatic carbocycles. The second-order valence-corrected chi connectivity index (χ2v) is 7.26. The van der Waals surface area contributed by atoms with Crippen LogP contribution in [-0.2, 0) is 9.59 Å². The van der Waals surface area contributed by atoms with Gasteiger partial charge in [0.25, 0.3) is 0 Å². The molecule has 24 heavy (non-hydrogen) atoms. The van der Waals surface area contributed by atoms with E-state index in [0.717, 1.165) is 11.9 Å². The fraction of sp³-hybridized carbons (Fsp3) is 0.500. The second kappa shape index (κ2) is 6.38. The van der Waals surface area contributed by atoms with Crippen LogP contribution in [0.3, 0.4) is 0 Å². The predicted octanol–water partition coefficient (Wildman–Crippen LogP) is 3.38. The summed E-state index contributed by atoms with van der Waals surface area (Å²) >= 11 is 3.18. The summed E-state index contributed by atoms with van der Waals surface area (Å²) in [5, 5.41) is 0. The average molecular weight is 407 g/mol. The van der Waals surface area contributed by atoms with Gasteiger partial charge in [-0.3, -0.25) is 9.59 Å². The van der Waals surface area contributed by atoms with Crippen LogP contribution in [0.2, 0.25) is 0 Å². The number of halogens is 4. The lowest BCUT2D eigenvalue weighted by Crippen LogP contribution is -2.63. The fourth-order valence-corrected chi connectivity index (χ4v) is 3.24. The van der Waals surface area contributed by atoms with Gasteiger partial charge < -0.3 is 9.80 Å². The summed E-state index contributed by atoms with van der Waals surface area (Å²) in [4.78, 5) is 26.1. The molecule has 2 rings (SSSR count). The molecule has 0 bridgehead atoms. The van der Waals surface area contributed by atoms with E-state index in [1.165, 1.54) is 36.1 Å². The van der Waals surface area contributed by atoms with Gasteiger partial charge in [0, 0.05) is 31.5 Å². The molecule has 0 N–H and O–H groups in total. The first-order valence-corrected chi connectivity index (χ1v) is 8.10. The Morgan fingerprint density at radius 2 is 1.75 bits per heavy atom. The fourth-order valence-electron chi connectivity index (χ4n) is 2.97. The van der Waals surface area contributed by atoms with Crippen molar-refractivity contribution in [1.82, 2.24) is 9.80 Å². The molecule has 0 saturated carbocycles. The lowest BCUT2D eigenvalue weighted by atomic mass is 9.80. The Morgan fingerprint density at radius 3 is 2.17 bits per heavy atom. The Morgan fingerprint density at radius 1 is 1.25 bits per heavy atom. The summed E-state index contributed by atoms with van der Waals surface area (Å²) in [6.45, 7) is 3.22. The van der Waals surface area contributed by atoms with Crippen LogP contribution in [0.4, 0.5) is 13.2 Å². The monoisotopic (exact) mass is 406 g/mol. The van der Waals surface area contributed by atoms with Gasteiger partial charge in [-0.15, -0.1) is 0 Å². The number of amides is 2. The van der Waals surface area contributed by atoms with Crippen molar-refractivity contribution >= 4 is 27.7 Å². The lowest BCUT2D eigenvalue weighted by molar-refractivity contribution is -0.197. The standard InChI is InChI=1S/C16H18BrF3N2O2/c1-10(23)22-8-15(2,9-22)14(24)21(3)13(16(18,19)20)11-4-6-12(17)7-5-11/h4-7,13H,8-9H2,1-3H3. The van der Waals surface area contributed by atoms with Crippen molar-refractivity contribution < 1.29 is 22.8 Å². The van der Waals surface area contributed by atoms with Crippen molar-refractivity contribution in [2.45, 2.75) is 26.1 Å². The van der Waals surface area contributed by atoms with Crippen LogP contribution in [0.15, 0.2) is 28.7 Å². The number of rotatable bonds is 3. The maximum atomic E-state index is 13.6. The topological polar surface area (TPSA) is 40.6 Å². The third-order valence-electron chi connectivity index (χ3n) is 4.24. The molecule has 4 nitrogen and oxygen atoms in total. The molecule has 1 aromatic carbocycles. The quantitative estimate of drug-likeness (QED) is 0.771. The molecule has 0 spiro atoms. The van der Waals surface area contributed by atoms with Crippen molar-refractivity contribution in [3.63, 3.8) is 0 Å². The van der Waals surface area contributed by atoms with Crippen molar-refractivity contribution in [3.8, 4) is 0 Å². The maximum absolute atomic E-state index is 13.6. The molecule has 1 saturated heterocycles. The van der Waals surface area contributed by atoms with Crippen molar-refractivity contribution in [1.29, 1.82) is 0 Å². The van der Waals surface area contributed by atoms with E-state index in [2.05, 4.69) is 15.9 Å². The zero-order valence-corrected chi connectivity index (χ0v) is 15.1. The number of hydrogen-bond donors (Lipinski definition) is 0. The van der Waals surface area contributed by atoms with E-state index in [-0.39, 0.29) is 24.6 Å². The van der Waals surface area contributed by atoms with Gasteiger partial charge in [-0.05, 0) is 24.6 Å². The number of carbonyl (C=O) groups excluding carboxylic acids is 2. The van der Waals surface area contributed by atoms with Crippen LogP contribution >= 0.6 is 15.9 Å². The van der Waals surface area contributed by atoms with E-state index in [1.54, 1.807) is 6.92 Å². The highest BCUT2D eigenvalue weighted by Crippen LogP contribution is 2.41. The van der Waals surface area contributed by atoms with Crippen LogP contribution < -0.4 is 0 Å². The number of alkyl halides is 3. The molecule has 0 radical (unpaired) electrons. The molecule has 1 heterocycles. The Kier molecular flexibility index (Phi) is 4.99. The first-order valence-electron chi connectivity index (χ1n) is 7.31. The third-order valence-corrected chi connectivity index (χ3v) is 4.77. The smallest absolute Gasteiger partial charge is 0.341 e. The zero-order valence-electron chi connectivity index (χ0n) is 13.5. The molecule has 1 unspecified atom stereocenters. The van der Waals surface area contributed by atoms with E-state index in [0.29, 0.717) is 4.47 Å². The largest absolute Gasteiger partial charge is 0.413 e. The molecule has 1 aliphatic rings. The predicted molar refractivity (Wildman–Crippen MR) is 86.1 cm³/mol. The molecule has 132 valence electrons. The van der Waals surface area contributed by atoms with E-state index < -0.39 is 23.5 Å². The van der Waals surface area contributed by atoms with E-state index >= 15 is 0 Å². The number of nitrogens with zero attached hydrogens (tertiary/aromatic N) is 2. The van der Waals surface area contributed by atoms with Gasteiger partial charge in [-0.1, -0.05) is 28.1 Å². The Balaban J connectivity index is 2.26. The Hall–Kier alpha value is -1.57. The van der Waals surface area contributed by atoms with Crippen LogP contribution in [0.1, 0.15) is 25.5 Å². The first kappa shape index (κ1) is 18.8. The summed E-state index contributed by atoms with van der Waals surface area (Å²) in [5.41, 5.74) is -0.993. The molecule has 1 aromatic rings. The first-order chi connectivity index (χ1) is 11.0. The SMILES string of the molecule is CC(=O)N1CC(C)(C(=O)N(C)C(c2ccc(Br)cc2)C(F)(F)F)C1. The highest BCUT2D eigenvalue weighted by molar-refractivity contribution is 9.10. The lowest BCUT2D eigenvalue weighted by Gasteiger charge is -2.48. The van der Waals surface area contributed by atoms with Crippen LogP contribution in [0, 0.1) is 5.41 Å². The molecule has 1 fully saturated rings. The van der Waals surface area contributed by atoms with Gasteiger partial charge in [0.2, 0.25) is 11.8 Å². The maximum Gasteiger partial charge on any atom is 0.413 e. The normalized spacial score (nSPS) is 17.9. The van der Waals surface area contributed by atoms with Gasteiger partial charge in [0.05, 0.1) is 5.41 Å². The zero-order chi connectivity index (χ0) is 18.3. The third kappa shape index (κ3) is 3.58. The Bertz CT molecular complexity index is 640. The molecule has 2 amide bonds. The summed E-state index contributed by atoms with van der Waals surface area (Å²) < 4.78 is 41.3.